The molecule has 2 aromatic heterocycles. The van der Waals surface area contributed by atoms with Crippen LogP contribution in [0.1, 0.15) is 29.0 Å². The Balaban J connectivity index is 1.38. The molecule has 4 rings (SSSR count). The van der Waals surface area contributed by atoms with Crippen LogP contribution in [-0.2, 0) is 6.73 Å². The molecule has 1 atom stereocenters. The Bertz CT molecular complexity index is 1140. The lowest BCUT2D eigenvalue weighted by molar-refractivity contribution is 0.0932. The second-order valence-corrected chi connectivity index (χ2v) is 7.23. The summed E-state index contributed by atoms with van der Waals surface area (Å²) in [5.74, 6) is 0.322. The molecule has 1 amide bonds. The molecule has 0 spiro atoms. The van der Waals surface area contributed by atoms with Crippen molar-refractivity contribution in [3.05, 3.63) is 102 Å². The summed E-state index contributed by atoms with van der Waals surface area (Å²) >= 11 is 6.09. The maximum absolute atomic E-state index is 12.6. The quantitative estimate of drug-likeness (QED) is 0.464. The van der Waals surface area contributed by atoms with Crippen LogP contribution in [0.3, 0.4) is 0 Å². The van der Waals surface area contributed by atoms with Gasteiger partial charge in [-0.1, -0.05) is 35.9 Å². The number of ether oxygens (including phenoxy) is 1. The summed E-state index contributed by atoms with van der Waals surface area (Å²) < 4.78 is 9.23. The first-order valence-corrected chi connectivity index (χ1v) is 9.93. The van der Waals surface area contributed by atoms with Crippen LogP contribution in [0.25, 0.3) is 5.69 Å². The molecule has 0 aliphatic heterocycles. The lowest BCUT2D eigenvalue weighted by Gasteiger charge is -2.15. The van der Waals surface area contributed by atoms with Crippen LogP contribution in [0.15, 0.2) is 85.3 Å². The fourth-order valence-corrected chi connectivity index (χ4v) is 3.26. The molecule has 7 heteroatoms. The van der Waals surface area contributed by atoms with Crippen molar-refractivity contribution in [1.29, 1.82) is 0 Å². The van der Waals surface area contributed by atoms with Gasteiger partial charge in [0.2, 0.25) is 0 Å². The zero-order valence-electron chi connectivity index (χ0n) is 16.4. The summed E-state index contributed by atoms with van der Waals surface area (Å²) in [6.07, 6.45) is 5.67. The maximum Gasteiger partial charge on any atom is 0.272 e. The van der Waals surface area contributed by atoms with Crippen LogP contribution in [0, 0.1) is 0 Å². The molecule has 0 radical (unpaired) electrons. The van der Waals surface area contributed by atoms with Gasteiger partial charge in [0.15, 0.2) is 6.73 Å². The molecule has 152 valence electrons. The molecule has 2 heterocycles. The van der Waals surface area contributed by atoms with Gasteiger partial charge >= 0.3 is 0 Å². The lowest BCUT2D eigenvalue weighted by Crippen LogP contribution is -2.27. The highest BCUT2D eigenvalue weighted by Gasteiger charge is 2.15. The molecule has 0 fully saturated rings. The molecule has 2 aromatic carbocycles. The van der Waals surface area contributed by atoms with Gasteiger partial charge in [0, 0.05) is 24.3 Å². The number of halogens is 1. The fraction of sp³-hybridized carbons (Fsp3) is 0.130. The van der Waals surface area contributed by atoms with Gasteiger partial charge in [0.25, 0.3) is 5.91 Å². The second-order valence-electron chi connectivity index (χ2n) is 6.82. The number of hydrogen-bond acceptors (Lipinski definition) is 3. The first-order valence-electron chi connectivity index (χ1n) is 9.55. The number of aromatic nitrogens is 3. The molecular weight excluding hydrogens is 400 g/mol. The topological polar surface area (TPSA) is 61.1 Å². The average molecular weight is 421 g/mol. The van der Waals surface area contributed by atoms with Crippen LogP contribution < -0.4 is 10.1 Å². The van der Waals surface area contributed by atoms with Gasteiger partial charge in [0.05, 0.1) is 11.1 Å². The van der Waals surface area contributed by atoms with Gasteiger partial charge in [-0.15, -0.1) is 0 Å². The Morgan fingerprint density at radius 3 is 2.67 bits per heavy atom. The number of para-hydroxylation sites is 1. The third-order valence-electron chi connectivity index (χ3n) is 4.68. The monoisotopic (exact) mass is 420 g/mol. The number of carbonyl (C=O) groups excluding carboxylic acids is 1. The minimum absolute atomic E-state index is 0.158. The number of rotatable bonds is 7. The number of amides is 1. The fourth-order valence-electron chi connectivity index (χ4n) is 3.07. The van der Waals surface area contributed by atoms with Gasteiger partial charge < -0.3 is 14.6 Å². The first kappa shape index (κ1) is 19.8. The van der Waals surface area contributed by atoms with E-state index in [4.69, 9.17) is 16.3 Å². The Morgan fingerprint density at radius 1 is 1.07 bits per heavy atom. The molecule has 0 aliphatic carbocycles. The zero-order valence-corrected chi connectivity index (χ0v) is 17.2. The maximum atomic E-state index is 12.6. The van der Waals surface area contributed by atoms with Crippen molar-refractivity contribution in [1.82, 2.24) is 19.7 Å². The largest absolute Gasteiger partial charge is 0.470 e. The summed E-state index contributed by atoms with van der Waals surface area (Å²) in [5, 5.41) is 7.81. The number of nitrogens with one attached hydrogen (secondary N) is 1. The second kappa shape index (κ2) is 8.88. The summed E-state index contributed by atoms with van der Waals surface area (Å²) in [5.41, 5.74) is 2.38. The molecular formula is C23H21ClN4O2. The molecule has 30 heavy (non-hydrogen) atoms. The summed E-state index contributed by atoms with van der Waals surface area (Å²) in [6.45, 7) is 2.11. The van der Waals surface area contributed by atoms with Crippen molar-refractivity contribution >= 4 is 17.5 Å². The van der Waals surface area contributed by atoms with Crippen molar-refractivity contribution in [2.24, 2.45) is 0 Å². The Morgan fingerprint density at radius 2 is 1.87 bits per heavy atom. The van der Waals surface area contributed by atoms with Crippen LogP contribution >= 0.6 is 11.6 Å². The van der Waals surface area contributed by atoms with Gasteiger partial charge in [-0.2, -0.15) is 5.10 Å². The van der Waals surface area contributed by atoms with E-state index in [1.165, 1.54) is 0 Å². The third kappa shape index (κ3) is 4.55. The van der Waals surface area contributed by atoms with E-state index in [2.05, 4.69) is 16.5 Å². The minimum Gasteiger partial charge on any atom is -0.470 e. The molecule has 0 aliphatic rings. The Hall–Kier alpha value is -3.51. The van der Waals surface area contributed by atoms with Crippen molar-refractivity contribution < 1.29 is 9.53 Å². The van der Waals surface area contributed by atoms with E-state index < -0.39 is 0 Å². The normalized spacial score (nSPS) is 11.8. The number of benzene rings is 2. The highest BCUT2D eigenvalue weighted by Crippen LogP contribution is 2.23. The number of carbonyl (C=O) groups is 1. The number of nitrogens with zero attached hydrogens (tertiary/aromatic N) is 3. The third-order valence-corrected chi connectivity index (χ3v) is 4.99. The molecule has 1 N–H and O–H groups in total. The minimum atomic E-state index is -0.245. The molecule has 4 aromatic rings. The summed E-state index contributed by atoms with van der Waals surface area (Å²) in [6, 6.07) is 20.7. The highest BCUT2D eigenvalue weighted by molar-refractivity contribution is 6.32. The van der Waals surface area contributed by atoms with Gasteiger partial charge in [-0.3, -0.25) is 4.79 Å². The summed E-state index contributed by atoms with van der Waals surface area (Å²) in [7, 11) is 0. The van der Waals surface area contributed by atoms with Crippen molar-refractivity contribution in [3.8, 4) is 11.4 Å². The molecule has 6 nitrogen and oxygen atoms in total. The predicted molar refractivity (Wildman–Crippen MR) is 116 cm³/mol. The predicted octanol–water partition coefficient (Wildman–Crippen LogP) is 4.85. The van der Waals surface area contributed by atoms with Crippen molar-refractivity contribution in [3.63, 3.8) is 0 Å². The van der Waals surface area contributed by atoms with Gasteiger partial charge in [0.1, 0.15) is 11.4 Å². The van der Waals surface area contributed by atoms with E-state index in [1.807, 2.05) is 66.3 Å². The van der Waals surface area contributed by atoms with E-state index >= 15 is 0 Å². The van der Waals surface area contributed by atoms with Crippen LogP contribution in [0.2, 0.25) is 5.02 Å². The van der Waals surface area contributed by atoms with Crippen molar-refractivity contribution in [2.75, 3.05) is 0 Å². The molecule has 0 bridgehead atoms. The van der Waals surface area contributed by atoms with E-state index in [9.17, 15) is 4.79 Å². The Labute approximate surface area is 179 Å². The van der Waals surface area contributed by atoms with Crippen LogP contribution in [0.5, 0.6) is 5.75 Å². The van der Waals surface area contributed by atoms with Gasteiger partial charge in [-0.05, 0) is 55.0 Å². The SMILES string of the molecule is CC(NC(=O)c1ccn(COc2ccccc2Cl)n1)c1cccc(-n2cccc2)c1. The van der Waals surface area contributed by atoms with E-state index in [0.717, 1.165) is 11.3 Å². The average Bonchev–Trinajstić information content (AvgIpc) is 3.46. The Kier molecular flexibility index (Phi) is 5.86. The highest BCUT2D eigenvalue weighted by atomic mass is 35.5. The first-order chi connectivity index (χ1) is 14.6. The van der Waals surface area contributed by atoms with Crippen LogP contribution in [-0.4, -0.2) is 20.3 Å². The standard InChI is InChI=1S/C23H21ClN4O2/c1-17(18-7-6-8-19(15-18)27-12-4-5-13-27)25-23(29)21-11-14-28(26-21)16-30-22-10-3-2-9-20(22)24/h2-15,17H,16H2,1H3,(H,25,29). The van der Waals surface area contributed by atoms with E-state index in [1.54, 1.807) is 29.1 Å². The van der Waals surface area contributed by atoms with Crippen molar-refractivity contribution in [2.45, 2.75) is 19.7 Å². The van der Waals surface area contributed by atoms with E-state index in [0.29, 0.717) is 16.5 Å². The molecule has 0 saturated heterocycles. The van der Waals surface area contributed by atoms with Crippen LogP contribution in [0.4, 0.5) is 0 Å². The molecule has 0 saturated carbocycles. The summed E-state index contributed by atoms with van der Waals surface area (Å²) in [4.78, 5) is 12.6. The van der Waals surface area contributed by atoms with E-state index in [-0.39, 0.29) is 18.7 Å². The van der Waals surface area contributed by atoms with Gasteiger partial charge in [-0.25, -0.2) is 4.68 Å². The zero-order chi connectivity index (χ0) is 20.9. The lowest BCUT2D eigenvalue weighted by atomic mass is 10.1. The smallest absolute Gasteiger partial charge is 0.272 e. The molecule has 1 unspecified atom stereocenters. The number of hydrogen-bond donors (Lipinski definition) is 1.